The monoisotopic (exact) mass is 525 g/mol. The zero-order valence-corrected chi connectivity index (χ0v) is 20.7. The highest BCUT2D eigenvalue weighted by Crippen LogP contribution is 2.35. The van der Waals surface area contributed by atoms with Crippen molar-refractivity contribution in [2.24, 2.45) is 17.0 Å². The third-order valence-electron chi connectivity index (χ3n) is 6.96. The molecule has 2 heterocycles. The fourth-order valence-corrected chi connectivity index (χ4v) is 4.93. The van der Waals surface area contributed by atoms with E-state index >= 15 is 0 Å². The number of carbonyl (C=O) groups is 1. The molecule has 2 aromatic carbocycles. The molecule has 1 aliphatic rings. The van der Waals surface area contributed by atoms with Gasteiger partial charge in [-0.2, -0.15) is 4.91 Å². The second-order valence-corrected chi connectivity index (χ2v) is 9.26. The molecule has 1 unspecified atom stereocenters. The molecule has 0 radical (unpaired) electrons. The average Bonchev–Trinajstić information content (AvgIpc) is 2.91. The first-order valence-electron chi connectivity index (χ1n) is 12.1. The van der Waals surface area contributed by atoms with Crippen LogP contribution in [0.3, 0.4) is 0 Å². The summed E-state index contributed by atoms with van der Waals surface area (Å²) < 4.78 is 45.9. The Morgan fingerprint density at radius 1 is 1.26 bits per heavy atom. The van der Waals surface area contributed by atoms with Crippen molar-refractivity contribution in [1.82, 2.24) is 9.88 Å². The number of methoxy groups -OCH3 is 1. The summed E-state index contributed by atoms with van der Waals surface area (Å²) in [7, 11) is 1.55. The van der Waals surface area contributed by atoms with Crippen molar-refractivity contribution in [3.8, 4) is 17.6 Å². The van der Waals surface area contributed by atoms with E-state index in [2.05, 4.69) is 22.0 Å². The molecule has 0 amide bonds. The van der Waals surface area contributed by atoms with Crippen molar-refractivity contribution in [3.05, 3.63) is 76.1 Å². The Balaban J connectivity index is 1.42. The van der Waals surface area contributed by atoms with E-state index in [0.29, 0.717) is 48.7 Å². The van der Waals surface area contributed by atoms with Gasteiger partial charge in [-0.05, 0) is 67.6 Å². The van der Waals surface area contributed by atoms with Crippen LogP contribution in [0.25, 0.3) is 10.9 Å². The summed E-state index contributed by atoms with van der Waals surface area (Å²) in [4.78, 5) is 30.0. The van der Waals surface area contributed by atoms with Crippen LogP contribution in [-0.2, 0) is 4.79 Å². The highest BCUT2D eigenvalue weighted by molar-refractivity contribution is 5.84. The first-order valence-corrected chi connectivity index (χ1v) is 12.1. The van der Waals surface area contributed by atoms with Gasteiger partial charge < -0.3 is 9.84 Å². The number of aliphatic carboxylic acids is 1. The van der Waals surface area contributed by atoms with Gasteiger partial charge in [-0.1, -0.05) is 17.0 Å². The summed E-state index contributed by atoms with van der Waals surface area (Å²) >= 11 is 0. The molecule has 0 bridgehead atoms. The number of rotatable bonds is 8. The molecule has 38 heavy (non-hydrogen) atoms. The largest absolute Gasteiger partial charge is 0.497 e. The number of carboxylic acid groups (broad SMARTS) is 1. The van der Waals surface area contributed by atoms with Gasteiger partial charge in [0.05, 0.1) is 30.7 Å². The van der Waals surface area contributed by atoms with Crippen molar-refractivity contribution in [2.75, 3.05) is 26.7 Å². The first kappa shape index (κ1) is 27.1. The van der Waals surface area contributed by atoms with Crippen molar-refractivity contribution >= 4 is 16.9 Å². The van der Waals surface area contributed by atoms with Crippen molar-refractivity contribution in [2.45, 2.75) is 25.3 Å². The number of ether oxygens (including phenoxy) is 1. The van der Waals surface area contributed by atoms with Crippen molar-refractivity contribution in [1.29, 1.82) is 0 Å². The summed E-state index contributed by atoms with van der Waals surface area (Å²) in [6.07, 6.45) is 3.02. The zero-order chi connectivity index (χ0) is 27.2. The predicted octanol–water partition coefficient (Wildman–Crippen LogP) is 5.32. The second kappa shape index (κ2) is 12.0. The molecule has 0 aliphatic carbocycles. The maximum Gasteiger partial charge on any atom is 0.308 e. The summed E-state index contributed by atoms with van der Waals surface area (Å²) in [5.41, 5.74) is 1.03. The first-order chi connectivity index (χ1) is 18.3. The topological polar surface area (TPSA) is 92.1 Å². The number of likely N-dealkylation sites (tertiary alicyclic amines) is 1. The highest BCUT2D eigenvalue weighted by Gasteiger charge is 2.34. The number of aromatic nitrogens is 1. The Morgan fingerprint density at radius 2 is 2.08 bits per heavy atom. The zero-order valence-electron chi connectivity index (χ0n) is 20.7. The molecule has 1 aliphatic heterocycles. The lowest BCUT2D eigenvalue weighted by atomic mass is 9.81. The number of hydrogen-bond donors (Lipinski definition) is 1. The summed E-state index contributed by atoms with van der Waals surface area (Å²) in [6.45, 7) is 0.873. The minimum absolute atomic E-state index is 0.122. The van der Waals surface area contributed by atoms with Crippen molar-refractivity contribution < 1.29 is 27.8 Å². The molecule has 10 heteroatoms. The van der Waals surface area contributed by atoms with Gasteiger partial charge in [-0.25, -0.2) is 13.2 Å². The van der Waals surface area contributed by atoms with E-state index < -0.39 is 35.4 Å². The predicted molar refractivity (Wildman–Crippen MR) is 135 cm³/mol. The normalized spacial score (nSPS) is 18.4. The van der Waals surface area contributed by atoms with Crippen LogP contribution in [0, 0.1) is 46.0 Å². The molecular formula is C28H26F3N3O4. The quantitative estimate of drug-likeness (QED) is 0.243. The molecule has 4 rings (SSSR count). The van der Waals surface area contributed by atoms with Crippen LogP contribution in [0.1, 0.15) is 36.4 Å². The summed E-state index contributed by atoms with van der Waals surface area (Å²) in [6, 6.07) is 7.73. The molecule has 0 spiro atoms. The molecule has 3 aromatic rings. The maximum atomic E-state index is 13.8. The number of fused-ring (bicyclic) bond motifs is 1. The van der Waals surface area contributed by atoms with Crippen LogP contribution >= 0.6 is 0 Å². The number of hydrogen-bond acceptors (Lipinski definition) is 6. The number of pyridine rings is 1. The smallest absolute Gasteiger partial charge is 0.308 e. The van der Waals surface area contributed by atoms with Gasteiger partial charge in [0.1, 0.15) is 17.6 Å². The fourth-order valence-electron chi connectivity index (χ4n) is 4.93. The summed E-state index contributed by atoms with van der Waals surface area (Å²) in [5, 5.41) is 14.0. The summed E-state index contributed by atoms with van der Waals surface area (Å²) in [5.74, 6) is 0.437. The second-order valence-electron chi connectivity index (χ2n) is 9.26. The van der Waals surface area contributed by atoms with Crippen LogP contribution in [0.4, 0.5) is 13.2 Å². The van der Waals surface area contributed by atoms with Gasteiger partial charge in [0.15, 0.2) is 11.6 Å². The minimum Gasteiger partial charge on any atom is -0.497 e. The fraction of sp³-hybridized carbons (Fsp3) is 0.357. The molecule has 1 fully saturated rings. The molecule has 7 nitrogen and oxygen atoms in total. The van der Waals surface area contributed by atoms with Gasteiger partial charge in [0.25, 0.3) is 0 Å². The SMILES string of the molecule is COc1ccc2nccc(C(CC[C@@H]3CCN(CC#Cc4cc(F)cc(F)c4F)C[C@@H]3C(=O)O)N=O)c2c1. The van der Waals surface area contributed by atoms with E-state index in [1.165, 1.54) is 0 Å². The van der Waals surface area contributed by atoms with Gasteiger partial charge in [0, 0.05) is 24.2 Å². The number of nitroso groups, excluding NO2 is 1. The van der Waals surface area contributed by atoms with Crippen LogP contribution in [0.2, 0.25) is 0 Å². The molecule has 3 atom stereocenters. The van der Waals surface area contributed by atoms with Crippen LogP contribution in [0.15, 0.2) is 47.8 Å². The van der Waals surface area contributed by atoms with E-state index in [-0.39, 0.29) is 24.6 Å². The lowest BCUT2D eigenvalue weighted by Gasteiger charge is -2.36. The third kappa shape index (κ3) is 6.11. The van der Waals surface area contributed by atoms with Gasteiger partial charge in [0.2, 0.25) is 0 Å². The Bertz CT molecular complexity index is 1410. The molecule has 198 valence electrons. The maximum absolute atomic E-state index is 13.8. The number of nitrogens with zero attached hydrogens (tertiary/aromatic N) is 3. The van der Waals surface area contributed by atoms with Gasteiger partial charge in [-0.15, -0.1) is 0 Å². The highest BCUT2D eigenvalue weighted by atomic mass is 19.2. The molecule has 1 aromatic heterocycles. The molecule has 0 saturated carbocycles. The third-order valence-corrected chi connectivity index (χ3v) is 6.96. The lowest BCUT2D eigenvalue weighted by Crippen LogP contribution is -2.44. The average molecular weight is 526 g/mol. The van der Waals surface area contributed by atoms with Crippen LogP contribution in [-0.4, -0.2) is 47.7 Å². The molecular weight excluding hydrogens is 499 g/mol. The van der Waals surface area contributed by atoms with E-state index in [1.54, 1.807) is 37.6 Å². The van der Waals surface area contributed by atoms with Crippen LogP contribution in [0.5, 0.6) is 5.75 Å². The van der Waals surface area contributed by atoms with E-state index in [9.17, 15) is 28.0 Å². The number of carboxylic acids is 1. The Labute approximate surface area is 217 Å². The Kier molecular flexibility index (Phi) is 8.59. The Hall–Kier alpha value is -3.97. The van der Waals surface area contributed by atoms with Crippen LogP contribution < -0.4 is 4.74 Å². The van der Waals surface area contributed by atoms with Gasteiger partial charge >= 0.3 is 5.97 Å². The van der Waals surface area contributed by atoms with E-state index in [0.717, 1.165) is 11.5 Å². The number of piperidine rings is 1. The Morgan fingerprint density at radius 3 is 2.82 bits per heavy atom. The van der Waals surface area contributed by atoms with E-state index in [4.69, 9.17) is 4.74 Å². The number of benzene rings is 2. The number of halogens is 3. The minimum atomic E-state index is -1.32. The van der Waals surface area contributed by atoms with Crippen molar-refractivity contribution in [3.63, 3.8) is 0 Å². The van der Waals surface area contributed by atoms with E-state index in [1.807, 2.05) is 4.90 Å². The lowest BCUT2D eigenvalue weighted by molar-refractivity contribution is -0.146. The standard InChI is InChI=1S/C28H26F3N3O4/c1-38-20-5-7-25-22(15-20)21(8-10-32-25)26(33-37)6-4-17-9-12-34(16-23(17)28(35)36)11-2-3-18-13-19(29)14-24(30)27(18)31/h5,7-8,10,13-15,17,23,26H,4,6,9,11-12,16H2,1H3,(H,35,36)/t17-,23+,26?/m1/s1. The van der Waals surface area contributed by atoms with Gasteiger partial charge in [-0.3, -0.25) is 14.7 Å². The molecule has 1 N–H and O–H groups in total. The molecule has 1 saturated heterocycles.